The third-order valence-corrected chi connectivity index (χ3v) is 4.78. The Labute approximate surface area is 119 Å². The van der Waals surface area contributed by atoms with Crippen LogP contribution in [-0.2, 0) is 4.79 Å². The smallest absolute Gasteiger partial charge is 0.184 e. The van der Waals surface area contributed by atoms with Crippen LogP contribution in [0.3, 0.4) is 0 Å². The van der Waals surface area contributed by atoms with Crippen LogP contribution in [0, 0.1) is 10.9 Å². The summed E-state index contributed by atoms with van der Waals surface area (Å²) in [7, 11) is 0. The fourth-order valence-electron chi connectivity index (χ4n) is 1.44. The van der Waals surface area contributed by atoms with Crippen LogP contribution in [0.5, 0.6) is 0 Å². The van der Waals surface area contributed by atoms with E-state index in [2.05, 4.69) is 5.10 Å². The number of benzene rings is 1. The van der Waals surface area contributed by atoms with Crippen LogP contribution in [0.25, 0.3) is 5.69 Å². The number of carbonyl (C=O) groups is 1. The molecular formula is C12H12N2OS3. The Morgan fingerprint density at radius 2 is 2.22 bits per heavy atom. The Bertz CT molecular complexity index is 630. The van der Waals surface area contributed by atoms with Gasteiger partial charge in [0.15, 0.2) is 8.29 Å². The van der Waals surface area contributed by atoms with Gasteiger partial charge in [0.1, 0.15) is 5.78 Å². The fraction of sp³-hybridized carbons (Fsp3) is 0.250. The van der Waals surface area contributed by atoms with Crippen molar-refractivity contribution in [1.82, 2.24) is 9.78 Å². The first-order valence-electron chi connectivity index (χ1n) is 5.36. The minimum absolute atomic E-state index is 0.142. The molecule has 18 heavy (non-hydrogen) atoms. The maximum Gasteiger partial charge on any atom is 0.184 e. The molecule has 0 saturated heterocycles. The van der Waals surface area contributed by atoms with Crippen LogP contribution < -0.4 is 0 Å². The maximum atomic E-state index is 11.0. The molecule has 1 aromatic heterocycles. The lowest BCUT2D eigenvalue weighted by molar-refractivity contribution is -0.114. The maximum absolute atomic E-state index is 11.0. The molecule has 6 heteroatoms. The van der Waals surface area contributed by atoms with E-state index in [1.165, 1.54) is 23.1 Å². The molecule has 0 radical (unpaired) electrons. The number of para-hydroxylation sites is 1. The van der Waals surface area contributed by atoms with E-state index in [1.807, 2.05) is 31.2 Å². The molecule has 0 amide bonds. The second-order valence-corrected chi connectivity index (χ2v) is 6.67. The molecule has 1 aromatic carbocycles. The van der Waals surface area contributed by atoms with Crippen molar-refractivity contribution in [2.75, 3.05) is 5.75 Å². The van der Waals surface area contributed by atoms with E-state index >= 15 is 0 Å². The summed E-state index contributed by atoms with van der Waals surface area (Å²) in [4.78, 5) is 11.0. The molecule has 0 bridgehead atoms. The molecule has 3 nitrogen and oxygen atoms in total. The second-order valence-electron chi connectivity index (χ2n) is 3.82. The number of ketones is 1. The van der Waals surface area contributed by atoms with Crippen molar-refractivity contribution in [1.29, 1.82) is 0 Å². The fourth-order valence-corrected chi connectivity index (χ4v) is 3.58. The summed E-state index contributed by atoms with van der Waals surface area (Å²) >= 11 is 8.19. The third-order valence-electron chi connectivity index (χ3n) is 2.27. The Morgan fingerprint density at radius 1 is 1.50 bits per heavy atom. The van der Waals surface area contributed by atoms with E-state index in [4.69, 9.17) is 12.2 Å². The van der Waals surface area contributed by atoms with Gasteiger partial charge in [0.2, 0.25) is 0 Å². The molecule has 0 spiro atoms. The average Bonchev–Trinajstić information content (AvgIpc) is 2.69. The molecule has 2 aromatic rings. The summed E-state index contributed by atoms with van der Waals surface area (Å²) in [6.07, 6.45) is 0. The van der Waals surface area contributed by atoms with Gasteiger partial charge in [-0.1, -0.05) is 41.3 Å². The highest BCUT2D eigenvalue weighted by Crippen LogP contribution is 2.24. The number of carbonyl (C=O) groups excluding carboxylic acids is 1. The van der Waals surface area contributed by atoms with Crippen LogP contribution in [0.15, 0.2) is 28.6 Å². The summed E-state index contributed by atoms with van der Waals surface area (Å²) in [5.74, 6) is 0.583. The van der Waals surface area contributed by atoms with Crippen LogP contribution >= 0.6 is 35.3 Å². The largest absolute Gasteiger partial charge is 0.299 e. The minimum atomic E-state index is 0.142. The summed E-state index contributed by atoms with van der Waals surface area (Å²) < 4.78 is 3.30. The van der Waals surface area contributed by atoms with Gasteiger partial charge in [-0.3, -0.25) is 4.79 Å². The quantitative estimate of drug-likeness (QED) is 0.637. The summed E-state index contributed by atoms with van der Waals surface area (Å²) in [5, 5.41) is 4.45. The molecule has 1 heterocycles. The van der Waals surface area contributed by atoms with Gasteiger partial charge in [-0.25, -0.2) is 4.68 Å². The van der Waals surface area contributed by atoms with Crippen LogP contribution in [0.4, 0.5) is 0 Å². The summed E-state index contributed by atoms with van der Waals surface area (Å²) in [6, 6.07) is 7.97. The molecule has 0 aliphatic rings. The molecule has 94 valence electrons. The number of nitrogens with zero attached hydrogens (tertiary/aromatic N) is 2. The first-order valence-corrected chi connectivity index (χ1v) is 7.57. The van der Waals surface area contributed by atoms with E-state index in [0.29, 0.717) is 9.71 Å². The highest BCUT2D eigenvalue weighted by atomic mass is 32.2. The van der Waals surface area contributed by atoms with Gasteiger partial charge in [-0.05, 0) is 37.7 Å². The van der Waals surface area contributed by atoms with Crippen molar-refractivity contribution in [3.63, 3.8) is 0 Å². The Kier molecular flexibility index (Phi) is 4.31. The SMILES string of the molecule is CC(=O)CSc1nn(-c2ccccc2C)c(=S)s1. The topological polar surface area (TPSA) is 34.9 Å². The zero-order valence-corrected chi connectivity index (χ0v) is 12.5. The highest BCUT2D eigenvalue weighted by Gasteiger charge is 2.08. The molecule has 0 aliphatic carbocycles. The van der Waals surface area contributed by atoms with E-state index in [1.54, 1.807) is 11.6 Å². The molecular weight excluding hydrogens is 284 g/mol. The Hall–Kier alpha value is -0.980. The van der Waals surface area contributed by atoms with Crippen molar-refractivity contribution in [2.24, 2.45) is 0 Å². The lowest BCUT2D eigenvalue weighted by Gasteiger charge is -2.03. The summed E-state index contributed by atoms with van der Waals surface area (Å²) in [5.41, 5.74) is 2.12. The van der Waals surface area contributed by atoms with E-state index in [-0.39, 0.29) is 5.78 Å². The predicted molar refractivity (Wildman–Crippen MR) is 78.4 cm³/mol. The van der Waals surface area contributed by atoms with Crippen molar-refractivity contribution >= 4 is 41.1 Å². The predicted octanol–water partition coefficient (Wildman–Crippen LogP) is 3.65. The molecule has 2 rings (SSSR count). The number of aryl methyl sites for hydroxylation is 1. The normalized spacial score (nSPS) is 10.6. The molecule has 0 aliphatic heterocycles. The number of hydrogen-bond donors (Lipinski definition) is 0. The van der Waals surface area contributed by atoms with Gasteiger partial charge in [-0.15, -0.1) is 5.10 Å². The second kappa shape index (κ2) is 5.77. The lowest BCUT2D eigenvalue weighted by atomic mass is 10.2. The molecule has 0 unspecified atom stereocenters. The Morgan fingerprint density at radius 3 is 2.89 bits per heavy atom. The van der Waals surface area contributed by atoms with Crippen LogP contribution in [-0.4, -0.2) is 21.3 Å². The number of aromatic nitrogens is 2. The van der Waals surface area contributed by atoms with Gasteiger partial charge in [0.05, 0.1) is 11.4 Å². The molecule has 0 fully saturated rings. The number of rotatable bonds is 4. The zero-order valence-electron chi connectivity index (χ0n) is 10.0. The first kappa shape index (κ1) is 13.5. The van der Waals surface area contributed by atoms with Crippen molar-refractivity contribution in [3.05, 3.63) is 33.8 Å². The first-order chi connectivity index (χ1) is 8.58. The van der Waals surface area contributed by atoms with Crippen LogP contribution in [0.1, 0.15) is 12.5 Å². The molecule has 0 N–H and O–H groups in total. The zero-order chi connectivity index (χ0) is 13.1. The van der Waals surface area contributed by atoms with Crippen molar-refractivity contribution < 1.29 is 4.79 Å². The van der Waals surface area contributed by atoms with E-state index in [9.17, 15) is 4.79 Å². The van der Waals surface area contributed by atoms with Gasteiger partial charge in [0, 0.05) is 0 Å². The van der Waals surface area contributed by atoms with Gasteiger partial charge in [-0.2, -0.15) is 0 Å². The lowest BCUT2D eigenvalue weighted by Crippen LogP contribution is -1.99. The highest BCUT2D eigenvalue weighted by molar-refractivity contribution is 8.01. The molecule has 0 atom stereocenters. The van der Waals surface area contributed by atoms with Gasteiger partial charge in [0.25, 0.3) is 0 Å². The standard InChI is InChI=1S/C12H12N2OS3/c1-8-5-3-4-6-10(8)14-12(16)18-11(13-14)17-7-9(2)15/h3-6H,7H2,1-2H3. The van der Waals surface area contributed by atoms with Gasteiger partial charge < -0.3 is 0 Å². The Balaban J connectivity index is 2.33. The number of hydrogen-bond acceptors (Lipinski definition) is 5. The summed E-state index contributed by atoms with van der Waals surface area (Å²) in [6.45, 7) is 3.60. The molecule has 0 saturated carbocycles. The minimum Gasteiger partial charge on any atom is -0.299 e. The van der Waals surface area contributed by atoms with Crippen molar-refractivity contribution in [2.45, 2.75) is 18.2 Å². The number of Topliss-reactive ketones (excluding diaryl/α,β-unsaturated/α-hetero) is 1. The third kappa shape index (κ3) is 3.07. The van der Waals surface area contributed by atoms with E-state index < -0.39 is 0 Å². The average molecular weight is 296 g/mol. The van der Waals surface area contributed by atoms with E-state index in [0.717, 1.165) is 15.6 Å². The number of thioether (sulfide) groups is 1. The van der Waals surface area contributed by atoms with Crippen molar-refractivity contribution in [3.8, 4) is 5.69 Å². The van der Waals surface area contributed by atoms with Gasteiger partial charge >= 0.3 is 0 Å². The van der Waals surface area contributed by atoms with Crippen LogP contribution in [0.2, 0.25) is 0 Å². The monoisotopic (exact) mass is 296 g/mol.